The van der Waals surface area contributed by atoms with Crippen molar-refractivity contribution in [3.8, 4) is 5.75 Å². The van der Waals surface area contributed by atoms with Gasteiger partial charge in [0.05, 0.1) is 17.1 Å². The van der Waals surface area contributed by atoms with E-state index in [2.05, 4.69) is 32.7 Å². The van der Waals surface area contributed by atoms with Gasteiger partial charge in [0.15, 0.2) is 0 Å². The summed E-state index contributed by atoms with van der Waals surface area (Å²) in [7, 11) is 0. The van der Waals surface area contributed by atoms with Crippen molar-refractivity contribution in [3.63, 3.8) is 0 Å². The van der Waals surface area contributed by atoms with Gasteiger partial charge in [0.1, 0.15) is 5.75 Å². The number of thiazole rings is 1. The lowest BCUT2D eigenvalue weighted by Crippen LogP contribution is -2.13. The van der Waals surface area contributed by atoms with Crippen molar-refractivity contribution in [1.82, 2.24) is 4.98 Å². The van der Waals surface area contributed by atoms with E-state index in [1.54, 1.807) is 11.3 Å². The number of carbonyl (C=O) groups excluding carboxylic acids is 1. The van der Waals surface area contributed by atoms with Crippen LogP contribution in [0.4, 0.5) is 0 Å². The summed E-state index contributed by atoms with van der Waals surface area (Å²) in [6.45, 7) is 8.47. The topological polar surface area (TPSA) is 39.2 Å². The Labute approximate surface area is 136 Å². The van der Waals surface area contributed by atoms with Crippen molar-refractivity contribution in [2.45, 2.75) is 52.4 Å². The summed E-state index contributed by atoms with van der Waals surface area (Å²) in [5, 5.41) is 3.00. The monoisotopic (exact) mass is 317 g/mol. The normalized spacial score (nSPS) is 12.4. The van der Waals surface area contributed by atoms with Gasteiger partial charge in [0.2, 0.25) is 0 Å². The zero-order valence-corrected chi connectivity index (χ0v) is 14.4. The van der Waals surface area contributed by atoms with E-state index in [-0.39, 0.29) is 12.4 Å². The van der Waals surface area contributed by atoms with E-state index < -0.39 is 0 Å². The Hall–Kier alpha value is -1.68. The average Bonchev–Trinajstić information content (AvgIpc) is 2.95. The standard InChI is InChI=1S/C18H23NO2S/c1-5-13(4)15-8-6-7-9-16(15)21-17(20)10-14-11-22-18(19-14)12(2)3/h6-9,11-13H,5,10H2,1-4H3. The van der Waals surface area contributed by atoms with Crippen LogP contribution in [0.3, 0.4) is 0 Å². The van der Waals surface area contributed by atoms with Crippen LogP contribution in [0.1, 0.15) is 62.2 Å². The van der Waals surface area contributed by atoms with Crippen molar-refractivity contribution < 1.29 is 9.53 Å². The molecule has 4 heteroatoms. The van der Waals surface area contributed by atoms with Gasteiger partial charge in [-0.15, -0.1) is 11.3 Å². The van der Waals surface area contributed by atoms with Crippen molar-refractivity contribution in [3.05, 3.63) is 45.9 Å². The molecule has 1 aromatic carbocycles. The molecule has 2 rings (SSSR count). The second-order valence-electron chi connectivity index (χ2n) is 5.83. The molecule has 118 valence electrons. The summed E-state index contributed by atoms with van der Waals surface area (Å²) in [5.41, 5.74) is 1.87. The number of hydrogen-bond acceptors (Lipinski definition) is 4. The molecule has 0 radical (unpaired) electrons. The number of para-hydroxylation sites is 1. The van der Waals surface area contributed by atoms with E-state index in [0.29, 0.717) is 17.6 Å². The van der Waals surface area contributed by atoms with E-state index in [1.807, 2.05) is 29.6 Å². The van der Waals surface area contributed by atoms with Crippen LogP contribution in [-0.4, -0.2) is 11.0 Å². The smallest absolute Gasteiger partial charge is 0.317 e. The zero-order chi connectivity index (χ0) is 16.1. The second kappa shape index (κ2) is 7.54. The highest BCUT2D eigenvalue weighted by Crippen LogP contribution is 2.28. The van der Waals surface area contributed by atoms with Crippen molar-refractivity contribution in [2.75, 3.05) is 0 Å². The number of benzene rings is 1. The molecule has 0 aliphatic rings. The highest BCUT2D eigenvalue weighted by atomic mass is 32.1. The lowest BCUT2D eigenvalue weighted by atomic mass is 9.98. The molecule has 0 aliphatic carbocycles. The maximum atomic E-state index is 12.2. The zero-order valence-electron chi connectivity index (χ0n) is 13.6. The van der Waals surface area contributed by atoms with Crippen LogP contribution in [0.5, 0.6) is 5.75 Å². The summed E-state index contributed by atoms with van der Waals surface area (Å²) in [6.07, 6.45) is 1.23. The first-order valence-corrected chi connectivity index (χ1v) is 8.63. The van der Waals surface area contributed by atoms with Crippen LogP contribution in [0.15, 0.2) is 29.6 Å². The third-order valence-corrected chi connectivity index (χ3v) is 4.87. The number of aromatic nitrogens is 1. The minimum atomic E-state index is -0.253. The number of ether oxygens (including phenoxy) is 1. The largest absolute Gasteiger partial charge is 0.426 e. The number of hydrogen-bond donors (Lipinski definition) is 0. The third-order valence-electron chi connectivity index (χ3n) is 3.67. The molecule has 0 saturated heterocycles. The molecule has 0 N–H and O–H groups in total. The van der Waals surface area contributed by atoms with Crippen molar-refractivity contribution in [2.24, 2.45) is 0 Å². The molecule has 22 heavy (non-hydrogen) atoms. The molecule has 1 heterocycles. The molecule has 0 spiro atoms. The van der Waals surface area contributed by atoms with Gasteiger partial charge in [-0.1, -0.05) is 45.9 Å². The van der Waals surface area contributed by atoms with Crippen molar-refractivity contribution in [1.29, 1.82) is 0 Å². The molecular formula is C18H23NO2S. The van der Waals surface area contributed by atoms with Crippen LogP contribution in [0.2, 0.25) is 0 Å². The third kappa shape index (κ3) is 4.17. The van der Waals surface area contributed by atoms with Crippen LogP contribution >= 0.6 is 11.3 Å². The van der Waals surface area contributed by atoms with Gasteiger partial charge in [0, 0.05) is 11.3 Å². The van der Waals surface area contributed by atoms with Gasteiger partial charge in [-0.25, -0.2) is 4.98 Å². The van der Waals surface area contributed by atoms with Gasteiger partial charge in [-0.05, 0) is 24.0 Å². The van der Waals surface area contributed by atoms with E-state index in [4.69, 9.17) is 4.74 Å². The SMILES string of the molecule is CCC(C)c1ccccc1OC(=O)Cc1csc(C(C)C)n1. The summed E-state index contributed by atoms with van der Waals surface area (Å²) < 4.78 is 5.57. The molecule has 0 amide bonds. The fourth-order valence-electron chi connectivity index (χ4n) is 2.18. The Morgan fingerprint density at radius 2 is 2.00 bits per heavy atom. The maximum Gasteiger partial charge on any atom is 0.317 e. The summed E-state index contributed by atoms with van der Waals surface area (Å²) >= 11 is 1.60. The highest BCUT2D eigenvalue weighted by Gasteiger charge is 2.15. The van der Waals surface area contributed by atoms with Gasteiger partial charge < -0.3 is 4.74 Å². The van der Waals surface area contributed by atoms with Gasteiger partial charge in [-0.2, -0.15) is 0 Å². The Kier molecular flexibility index (Phi) is 5.72. The lowest BCUT2D eigenvalue weighted by Gasteiger charge is -2.14. The maximum absolute atomic E-state index is 12.2. The quantitative estimate of drug-likeness (QED) is 0.560. The minimum absolute atomic E-state index is 0.220. The number of carbonyl (C=O) groups is 1. The number of nitrogens with zero attached hydrogens (tertiary/aromatic N) is 1. The fraction of sp³-hybridized carbons (Fsp3) is 0.444. The first-order valence-electron chi connectivity index (χ1n) is 7.75. The van der Waals surface area contributed by atoms with Crippen LogP contribution in [0.25, 0.3) is 0 Å². The summed E-state index contributed by atoms with van der Waals surface area (Å²) in [4.78, 5) is 16.6. The Balaban J connectivity index is 2.05. The van der Waals surface area contributed by atoms with Crippen molar-refractivity contribution >= 4 is 17.3 Å². The van der Waals surface area contributed by atoms with E-state index in [9.17, 15) is 4.79 Å². The number of esters is 1. The molecule has 0 aliphatic heterocycles. The van der Waals surface area contributed by atoms with Crippen LogP contribution < -0.4 is 4.74 Å². The summed E-state index contributed by atoms with van der Waals surface area (Å²) in [5.74, 6) is 1.18. The van der Waals surface area contributed by atoms with Crippen LogP contribution in [-0.2, 0) is 11.2 Å². The fourth-order valence-corrected chi connectivity index (χ4v) is 3.01. The molecular weight excluding hydrogens is 294 g/mol. The first kappa shape index (κ1) is 16.7. The molecule has 1 atom stereocenters. The predicted molar refractivity (Wildman–Crippen MR) is 90.7 cm³/mol. The minimum Gasteiger partial charge on any atom is -0.426 e. The molecule has 1 aromatic heterocycles. The molecule has 1 unspecified atom stereocenters. The first-order chi connectivity index (χ1) is 10.5. The lowest BCUT2D eigenvalue weighted by molar-refractivity contribution is -0.133. The van der Waals surface area contributed by atoms with E-state index >= 15 is 0 Å². The van der Waals surface area contributed by atoms with Gasteiger partial charge in [-0.3, -0.25) is 4.79 Å². The predicted octanol–water partition coefficient (Wildman–Crippen LogP) is 4.93. The highest BCUT2D eigenvalue weighted by molar-refractivity contribution is 7.09. The molecule has 0 bridgehead atoms. The van der Waals surface area contributed by atoms with Crippen LogP contribution in [0, 0.1) is 0 Å². The molecule has 3 nitrogen and oxygen atoms in total. The van der Waals surface area contributed by atoms with Gasteiger partial charge >= 0.3 is 5.97 Å². The Morgan fingerprint density at radius 3 is 2.64 bits per heavy atom. The Morgan fingerprint density at radius 1 is 1.27 bits per heavy atom. The summed E-state index contributed by atoms with van der Waals surface area (Å²) in [6, 6.07) is 7.76. The van der Waals surface area contributed by atoms with E-state index in [0.717, 1.165) is 22.7 Å². The number of rotatable bonds is 6. The molecule has 2 aromatic rings. The molecule has 0 fully saturated rings. The Bertz CT molecular complexity index is 634. The molecule has 0 saturated carbocycles. The van der Waals surface area contributed by atoms with E-state index in [1.165, 1.54) is 0 Å². The second-order valence-corrected chi connectivity index (χ2v) is 6.72. The van der Waals surface area contributed by atoms with Gasteiger partial charge in [0.25, 0.3) is 0 Å². The average molecular weight is 317 g/mol.